The molecule has 2 aliphatic rings. The summed E-state index contributed by atoms with van der Waals surface area (Å²) < 4.78 is 17.7. The summed E-state index contributed by atoms with van der Waals surface area (Å²) in [5, 5.41) is 25.2. The van der Waals surface area contributed by atoms with Crippen LogP contribution in [0.15, 0.2) is 60.8 Å². The fourth-order valence-electron chi connectivity index (χ4n) is 5.10. The maximum atomic E-state index is 13.0. The molecule has 6 rings (SSSR count). The summed E-state index contributed by atoms with van der Waals surface area (Å²) >= 11 is -1.27. The number of benzene rings is 1. The van der Waals surface area contributed by atoms with Crippen molar-refractivity contribution in [1.29, 1.82) is 5.26 Å². The first-order valence-electron chi connectivity index (χ1n) is 13.4. The molecule has 2 saturated carbocycles. The molecule has 2 aliphatic carbocycles. The van der Waals surface area contributed by atoms with Crippen LogP contribution in [0, 0.1) is 17.2 Å². The lowest BCUT2D eigenvalue weighted by molar-refractivity contribution is 0.0273. The van der Waals surface area contributed by atoms with Crippen LogP contribution in [0.3, 0.4) is 0 Å². The topological polar surface area (TPSA) is 123 Å². The number of hydrogen-bond donors (Lipinski definition) is 2. The van der Waals surface area contributed by atoms with E-state index in [1.807, 2.05) is 80.2 Å². The van der Waals surface area contributed by atoms with Gasteiger partial charge in [-0.2, -0.15) is 10.4 Å². The molecule has 4 aromatic rings. The first kappa shape index (κ1) is 26.0. The van der Waals surface area contributed by atoms with E-state index >= 15 is 0 Å². The van der Waals surface area contributed by atoms with E-state index in [0.29, 0.717) is 18.7 Å². The second-order valence-electron chi connectivity index (χ2n) is 11.7. The highest BCUT2D eigenvalue weighted by Crippen LogP contribution is 2.46. The lowest BCUT2D eigenvalue weighted by Gasteiger charge is -2.38. The van der Waals surface area contributed by atoms with Crippen molar-refractivity contribution in [1.82, 2.24) is 24.5 Å². The van der Waals surface area contributed by atoms with Crippen LogP contribution < -0.4 is 4.72 Å². The fraction of sp³-hybridized carbons (Fsp3) is 0.400. The number of aliphatic hydroxyl groups is 1. The smallest absolute Gasteiger partial charge is 0.154 e. The van der Waals surface area contributed by atoms with Gasteiger partial charge in [-0.1, -0.05) is 24.3 Å². The summed E-state index contributed by atoms with van der Waals surface area (Å²) in [6.07, 6.45) is 4.50. The molecule has 0 amide bonds. The molecule has 2 N–H and O–H groups in total. The number of rotatable bonds is 7. The number of hydrogen-bond acceptors (Lipinski definition) is 7. The zero-order chi connectivity index (χ0) is 27.4. The molecule has 0 bridgehead atoms. The zero-order valence-corrected chi connectivity index (χ0v) is 23.2. The largest absolute Gasteiger partial charge is 0.598 e. The predicted molar refractivity (Wildman–Crippen MR) is 151 cm³/mol. The highest BCUT2D eigenvalue weighted by molar-refractivity contribution is 7.90. The monoisotopic (exact) mass is 540 g/mol. The second-order valence-corrected chi connectivity index (χ2v) is 13.7. The molecule has 200 valence electrons. The zero-order valence-electron chi connectivity index (χ0n) is 22.3. The average Bonchev–Trinajstić information content (AvgIpc) is 3.61. The Labute approximate surface area is 231 Å². The maximum Gasteiger partial charge on any atom is 0.154 e. The van der Waals surface area contributed by atoms with Gasteiger partial charge in [0.25, 0.3) is 0 Å². The average molecular weight is 541 g/mol. The second kappa shape index (κ2) is 9.72. The predicted octanol–water partition coefficient (Wildman–Crippen LogP) is 4.90. The van der Waals surface area contributed by atoms with Gasteiger partial charge in [-0.15, -0.1) is 4.72 Å². The quantitative estimate of drug-likeness (QED) is 0.320. The Balaban J connectivity index is 1.35. The molecule has 2 unspecified atom stereocenters. The van der Waals surface area contributed by atoms with Crippen LogP contribution in [0.5, 0.6) is 0 Å². The van der Waals surface area contributed by atoms with Crippen LogP contribution >= 0.6 is 0 Å². The van der Waals surface area contributed by atoms with Crippen LogP contribution in [0.25, 0.3) is 28.0 Å². The third-order valence-corrected chi connectivity index (χ3v) is 9.35. The number of aliphatic hydroxyl groups excluding tert-OH is 1. The standard InChI is InChI=1S/C30H32N6O2S/c1-29(2,3)39(38)35-28(21-14-22(37)15-21)24-7-4-6-23(33-24)19-10-11-20-17-32-36(25(20)16-19)27-9-5-8-26(34-27)30(18-31)12-13-30/h4-11,16-17,21-22,28,35,37H,12-15H2,1-3H3. The lowest BCUT2D eigenvalue weighted by Crippen LogP contribution is -2.46. The molecule has 2 fully saturated rings. The minimum atomic E-state index is -1.27. The SMILES string of the molecule is CC(C)(C)[S+]([O-])NC(c1cccc(-c2ccc3cnn(-c4cccc(C5(C#N)CC5)n4)c3c2)n1)C1CC(O)C1. The Kier molecular flexibility index (Phi) is 6.47. The van der Waals surface area contributed by atoms with E-state index < -0.39 is 21.5 Å². The molecule has 0 spiro atoms. The Morgan fingerprint density at radius 2 is 1.90 bits per heavy atom. The summed E-state index contributed by atoms with van der Waals surface area (Å²) in [4.78, 5) is 9.81. The van der Waals surface area contributed by atoms with Gasteiger partial charge in [-0.3, -0.25) is 4.98 Å². The van der Waals surface area contributed by atoms with Crippen molar-refractivity contribution in [3.05, 3.63) is 72.2 Å². The summed E-state index contributed by atoms with van der Waals surface area (Å²) in [6.45, 7) is 5.83. The fourth-order valence-corrected chi connectivity index (χ4v) is 5.99. The molecule has 1 aromatic carbocycles. The molecule has 8 nitrogen and oxygen atoms in total. The molecular weight excluding hydrogens is 508 g/mol. The van der Waals surface area contributed by atoms with E-state index in [1.165, 1.54) is 0 Å². The molecular formula is C30H32N6O2S. The van der Waals surface area contributed by atoms with Crippen molar-refractivity contribution in [2.75, 3.05) is 0 Å². The number of aromatic nitrogens is 4. The van der Waals surface area contributed by atoms with Gasteiger partial charge >= 0.3 is 0 Å². The van der Waals surface area contributed by atoms with Crippen molar-refractivity contribution in [3.63, 3.8) is 0 Å². The van der Waals surface area contributed by atoms with E-state index in [2.05, 4.69) is 22.0 Å². The van der Waals surface area contributed by atoms with E-state index in [0.717, 1.165) is 46.4 Å². The summed E-state index contributed by atoms with van der Waals surface area (Å²) in [7, 11) is 0. The van der Waals surface area contributed by atoms with Crippen molar-refractivity contribution in [2.45, 2.75) is 68.8 Å². The van der Waals surface area contributed by atoms with Gasteiger partial charge in [0.15, 0.2) is 5.82 Å². The highest BCUT2D eigenvalue weighted by Gasteiger charge is 2.46. The first-order valence-corrected chi connectivity index (χ1v) is 14.5. The van der Waals surface area contributed by atoms with Crippen LogP contribution in [0.2, 0.25) is 0 Å². The summed E-state index contributed by atoms with van der Waals surface area (Å²) in [6, 6.07) is 20.0. The Morgan fingerprint density at radius 3 is 2.59 bits per heavy atom. The van der Waals surface area contributed by atoms with E-state index in [9.17, 15) is 14.9 Å². The minimum absolute atomic E-state index is 0.166. The Bertz CT molecular complexity index is 1560. The lowest BCUT2D eigenvalue weighted by atomic mass is 9.76. The molecule has 0 saturated heterocycles. The first-order chi connectivity index (χ1) is 18.7. The number of nitriles is 1. The Hall–Kier alpha value is -3.29. The molecule has 3 heterocycles. The van der Waals surface area contributed by atoms with Crippen molar-refractivity contribution < 1.29 is 9.66 Å². The number of nitrogens with zero attached hydrogens (tertiary/aromatic N) is 5. The number of pyridine rings is 2. The van der Waals surface area contributed by atoms with E-state index in [4.69, 9.17) is 9.97 Å². The third-order valence-electron chi connectivity index (χ3n) is 7.77. The van der Waals surface area contributed by atoms with Gasteiger partial charge in [0.1, 0.15) is 4.75 Å². The number of fused-ring (bicyclic) bond motifs is 1. The third kappa shape index (κ3) is 4.94. The van der Waals surface area contributed by atoms with Crippen LogP contribution in [-0.4, -0.2) is 40.3 Å². The van der Waals surface area contributed by atoms with Gasteiger partial charge in [0.2, 0.25) is 0 Å². The summed E-state index contributed by atoms with van der Waals surface area (Å²) in [5.74, 6) is 0.847. The van der Waals surface area contributed by atoms with Gasteiger partial charge in [-0.25, -0.2) is 9.67 Å². The van der Waals surface area contributed by atoms with Gasteiger partial charge in [-0.05, 0) is 82.7 Å². The van der Waals surface area contributed by atoms with Gasteiger partial charge < -0.3 is 9.66 Å². The van der Waals surface area contributed by atoms with Crippen molar-refractivity contribution in [2.24, 2.45) is 5.92 Å². The van der Waals surface area contributed by atoms with Crippen LogP contribution in [0.4, 0.5) is 0 Å². The van der Waals surface area contributed by atoms with Crippen LogP contribution in [0.1, 0.15) is 63.9 Å². The minimum Gasteiger partial charge on any atom is -0.598 e. The van der Waals surface area contributed by atoms with E-state index in [-0.39, 0.29) is 18.1 Å². The summed E-state index contributed by atoms with van der Waals surface area (Å²) in [5.41, 5.74) is 3.78. The molecule has 3 aromatic heterocycles. The maximum absolute atomic E-state index is 13.0. The van der Waals surface area contributed by atoms with Gasteiger partial charge in [0, 0.05) is 22.3 Å². The molecule has 0 aliphatic heterocycles. The van der Waals surface area contributed by atoms with Crippen molar-refractivity contribution >= 4 is 22.3 Å². The Morgan fingerprint density at radius 1 is 1.13 bits per heavy atom. The van der Waals surface area contributed by atoms with E-state index in [1.54, 1.807) is 0 Å². The molecule has 0 radical (unpaired) electrons. The van der Waals surface area contributed by atoms with Crippen LogP contribution in [-0.2, 0) is 16.8 Å². The molecule has 2 atom stereocenters. The molecule has 9 heteroatoms. The molecule has 39 heavy (non-hydrogen) atoms. The number of nitrogens with one attached hydrogen (secondary N) is 1. The van der Waals surface area contributed by atoms with Gasteiger partial charge in [0.05, 0.1) is 52.4 Å². The normalized spacial score (nSPS) is 21.6. The van der Waals surface area contributed by atoms with Crippen molar-refractivity contribution in [3.8, 4) is 23.1 Å². The highest BCUT2D eigenvalue weighted by atomic mass is 32.2.